The summed E-state index contributed by atoms with van der Waals surface area (Å²) in [6.45, 7) is -0.327. The number of benzene rings is 1. The zero-order chi connectivity index (χ0) is 18.9. The van der Waals surface area contributed by atoms with Gasteiger partial charge >= 0.3 is 0 Å². The maximum absolute atomic E-state index is 13.9. The molecule has 1 atom stereocenters. The molecule has 1 unspecified atom stereocenters. The van der Waals surface area contributed by atoms with Crippen LogP contribution in [-0.2, 0) is 14.8 Å². The van der Waals surface area contributed by atoms with E-state index < -0.39 is 15.9 Å². The van der Waals surface area contributed by atoms with Crippen LogP contribution < -0.4 is 5.32 Å². The lowest BCUT2D eigenvalue weighted by Crippen LogP contribution is -2.40. The van der Waals surface area contributed by atoms with Gasteiger partial charge in [-0.3, -0.25) is 4.79 Å². The SMILES string of the molecule is CN(CC(=O)NC1CCSc2c(F)cccc21)S(=O)(=O)c1ccc(Cl)s1. The summed E-state index contributed by atoms with van der Waals surface area (Å²) in [4.78, 5) is 12.9. The quantitative estimate of drug-likeness (QED) is 0.781. The number of fused-ring (bicyclic) bond motifs is 1. The Kier molecular flexibility index (Phi) is 5.93. The van der Waals surface area contributed by atoms with E-state index in [1.54, 1.807) is 12.1 Å². The van der Waals surface area contributed by atoms with Gasteiger partial charge in [0, 0.05) is 17.7 Å². The van der Waals surface area contributed by atoms with Crippen molar-refractivity contribution in [1.29, 1.82) is 0 Å². The number of carbonyl (C=O) groups excluding carboxylic acids is 1. The molecule has 1 aromatic carbocycles. The van der Waals surface area contributed by atoms with E-state index in [2.05, 4.69) is 5.32 Å². The van der Waals surface area contributed by atoms with Crippen LogP contribution in [0.2, 0.25) is 4.34 Å². The van der Waals surface area contributed by atoms with Crippen LogP contribution in [0.3, 0.4) is 0 Å². The number of rotatable bonds is 5. The summed E-state index contributed by atoms with van der Waals surface area (Å²) in [5.74, 6) is -0.0627. The third-order valence-electron chi connectivity index (χ3n) is 3.94. The summed E-state index contributed by atoms with van der Waals surface area (Å²) in [6, 6.07) is 7.36. The fraction of sp³-hybridized carbons (Fsp3) is 0.312. The first-order chi connectivity index (χ1) is 12.3. The summed E-state index contributed by atoms with van der Waals surface area (Å²) in [7, 11) is -2.44. The van der Waals surface area contributed by atoms with Crippen LogP contribution in [0.1, 0.15) is 18.0 Å². The molecule has 26 heavy (non-hydrogen) atoms. The first-order valence-corrected chi connectivity index (χ1v) is 11.3. The number of halogens is 2. The van der Waals surface area contributed by atoms with Crippen LogP contribution in [0.5, 0.6) is 0 Å². The van der Waals surface area contributed by atoms with Gasteiger partial charge in [0.2, 0.25) is 5.91 Å². The molecule has 1 aliphatic rings. The van der Waals surface area contributed by atoms with E-state index in [9.17, 15) is 17.6 Å². The maximum Gasteiger partial charge on any atom is 0.252 e. The van der Waals surface area contributed by atoms with Crippen molar-refractivity contribution in [1.82, 2.24) is 9.62 Å². The van der Waals surface area contributed by atoms with E-state index in [4.69, 9.17) is 11.6 Å². The lowest BCUT2D eigenvalue weighted by Gasteiger charge is -2.27. The predicted octanol–water partition coefficient (Wildman–Crippen LogP) is 3.51. The standard InChI is InChI=1S/C16H16ClFN2O3S3/c1-20(26(22,23)15-6-5-13(17)25-15)9-14(21)19-12-7-8-24-16-10(12)3-2-4-11(16)18/h2-6,12H,7-9H2,1H3,(H,19,21). The minimum atomic E-state index is -3.78. The molecule has 0 radical (unpaired) electrons. The third-order valence-corrected chi connectivity index (χ3v) is 8.60. The van der Waals surface area contributed by atoms with Crippen molar-refractivity contribution in [2.45, 2.75) is 21.6 Å². The molecule has 1 amide bonds. The van der Waals surface area contributed by atoms with Crippen LogP contribution in [0, 0.1) is 5.82 Å². The number of thiophene rings is 1. The van der Waals surface area contributed by atoms with Gasteiger partial charge in [-0.15, -0.1) is 23.1 Å². The Morgan fingerprint density at radius 1 is 1.38 bits per heavy atom. The Hall–Kier alpha value is -1.13. The number of amides is 1. The molecule has 10 heteroatoms. The van der Waals surface area contributed by atoms with Crippen molar-refractivity contribution in [3.8, 4) is 0 Å². The summed E-state index contributed by atoms with van der Waals surface area (Å²) in [6.07, 6.45) is 0.657. The van der Waals surface area contributed by atoms with Gasteiger partial charge in [0.15, 0.2) is 0 Å². The Morgan fingerprint density at radius 3 is 2.85 bits per heavy atom. The second kappa shape index (κ2) is 7.85. The highest BCUT2D eigenvalue weighted by Crippen LogP contribution is 2.37. The minimum absolute atomic E-state index is 0.0827. The Bertz CT molecular complexity index is 933. The Labute approximate surface area is 164 Å². The average molecular weight is 435 g/mol. The van der Waals surface area contributed by atoms with Crippen molar-refractivity contribution in [2.75, 3.05) is 19.3 Å². The molecule has 3 rings (SSSR count). The molecule has 5 nitrogen and oxygen atoms in total. The molecule has 1 N–H and O–H groups in total. The van der Waals surface area contributed by atoms with E-state index in [1.807, 2.05) is 0 Å². The van der Waals surface area contributed by atoms with Crippen molar-refractivity contribution >= 4 is 50.6 Å². The Morgan fingerprint density at radius 2 is 2.15 bits per heavy atom. The molecule has 2 aromatic rings. The van der Waals surface area contributed by atoms with Gasteiger partial charge in [-0.05, 0) is 30.2 Å². The molecule has 0 bridgehead atoms. The van der Waals surface area contributed by atoms with Gasteiger partial charge in [-0.25, -0.2) is 12.8 Å². The van der Waals surface area contributed by atoms with E-state index in [0.717, 1.165) is 21.2 Å². The molecule has 2 heterocycles. The summed E-state index contributed by atoms with van der Waals surface area (Å²) < 4.78 is 40.3. The van der Waals surface area contributed by atoms with Gasteiger partial charge in [0.1, 0.15) is 10.0 Å². The van der Waals surface area contributed by atoms with E-state index in [1.165, 1.54) is 37.0 Å². The number of hydrogen-bond donors (Lipinski definition) is 1. The van der Waals surface area contributed by atoms with E-state index in [0.29, 0.717) is 21.4 Å². The largest absolute Gasteiger partial charge is 0.348 e. The maximum atomic E-state index is 13.9. The van der Waals surface area contributed by atoms with E-state index in [-0.39, 0.29) is 22.6 Å². The highest BCUT2D eigenvalue weighted by Gasteiger charge is 2.28. The summed E-state index contributed by atoms with van der Waals surface area (Å²) in [5, 5.41) is 2.81. The second-order valence-electron chi connectivity index (χ2n) is 5.74. The van der Waals surface area contributed by atoms with Crippen molar-refractivity contribution in [3.63, 3.8) is 0 Å². The normalized spacial score (nSPS) is 17.2. The molecule has 140 valence electrons. The van der Waals surface area contributed by atoms with Gasteiger partial charge in [0.25, 0.3) is 10.0 Å². The lowest BCUT2D eigenvalue weighted by atomic mass is 10.0. The highest BCUT2D eigenvalue weighted by atomic mass is 35.5. The minimum Gasteiger partial charge on any atom is -0.348 e. The average Bonchev–Trinajstić information content (AvgIpc) is 3.03. The molecular formula is C16H16ClFN2O3S3. The molecule has 0 fully saturated rings. The summed E-state index contributed by atoms with van der Waals surface area (Å²) in [5.41, 5.74) is 0.727. The lowest BCUT2D eigenvalue weighted by molar-refractivity contribution is -0.121. The van der Waals surface area contributed by atoms with Gasteiger partial charge in [-0.1, -0.05) is 23.7 Å². The molecule has 0 saturated heterocycles. The van der Waals surface area contributed by atoms with Crippen LogP contribution in [0.15, 0.2) is 39.4 Å². The number of likely N-dealkylation sites (N-methyl/N-ethyl adjacent to an activating group) is 1. The molecule has 1 aromatic heterocycles. The van der Waals surface area contributed by atoms with Gasteiger partial charge in [0.05, 0.1) is 16.9 Å². The van der Waals surface area contributed by atoms with Gasteiger partial charge in [-0.2, -0.15) is 4.31 Å². The number of thioether (sulfide) groups is 1. The van der Waals surface area contributed by atoms with Crippen molar-refractivity contribution < 1.29 is 17.6 Å². The first kappa shape index (κ1) is 19.6. The molecule has 0 saturated carbocycles. The Balaban J connectivity index is 1.69. The third kappa shape index (κ3) is 4.07. The van der Waals surface area contributed by atoms with Crippen LogP contribution >= 0.6 is 34.7 Å². The summed E-state index contributed by atoms with van der Waals surface area (Å²) >= 11 is 8.15. The van der Waals surface area contributed by atoms with Gasteiger partial charge < -0.3 is 5.32 Å². The smallest absolute Gasteiger partial charge is 0.252 e. The zero-order valence-electron chi connectivity index (χ0n) is 13.7. The monoisotopic (exact) mass is 434 g/mol. The molecule has 1 aliphatic heterocycles. The van der Waals surface area contributed by atoms with Crippen molar-refractivity contribution in [2.24, 2.45) is 0 Å². The number of carbonyl (C=O) groups is 1. The molecule has 0 aliphatic carbocycles. The van der Waals surface area contributed by atoms with Crippen LogP contribution in [-0.4, -0.2) is 38.0 Å². The topological polar surface area (TPSA) is 66.5 Å². The fourth-order valence-electron chi connectivity index (χ4n) is 2.65. The van der Waals surface area contributed by atoms with Crippen molar-refractivity contribution in [3.05, 3.63) is 46.0 Å². The predicted molar refractivity (Wildman–Crippen MR) is 102 cm³/mol. The number of sulfonamides is 1. The second-order valence-corrected chi connectivity index (χ2v) is 10.8. The number of hydrogen-bond acceptors (Lipinski definition) is 5. The van der Waals surface area contributed by atoms with Crippen LogP contribution in [0.25, 0.3) is 0 Å². The fourth-order valence-corrected chi connectivity index (χ4v) is 6.61. The first-order valence-electron chi connectivity index (χ1n) is 7.71. The van der Waals surface area contributed by atoms with E-state index >= 15 is 0 Å². The number of nitrogens with one attached hydrogen (secondary N) is 1. The molecule has 0 spiro atoms. The highest BCUT2D eigenvalue weighted by molar-refractivity contribution is 7.99. The molecular weight excluding hydrogens is 419 g/mol. The number of nitrogens with zero attached hydrogens (tertiary/aromatic N) is 1. The van der Waals surface area contributed by atoms with Crippen LogP contribution in [0.4, 0.5) is 4.39 Å². The zero-order valence-corrected chi connectivity index (χ0v) is 16.9.